The van der Waals surface area contributed by atoms with E-state index in [1.165, 1.54) is 0 Å². The van der Waals surface area contributed by atoms with Crippen LogP contribution in [0.1, 0.15) is 15.9 Å². The van der Waals surface area contributed by atoms with Crippen LogP contribution in [0.3, 0.4) is 0 Å². The van der Waals surface area contributed by atoms with Crippen LogP contribution in [-0.2, 0) is 0 Å². The van der Waals surface area contributed by atoms with Gasteiger partial charge in [-0.1, -0.05) is 35.9 Å². The Hall–Kier alpha value is -3.12. The van der Waals surface area contributed by atoms with Crippen LogP contribution in [0.4, 0.5) is 5.82 Å². The topological polar surface area (TPSA) is 86.5 Å². The molecular formula is C18H14ClN5O. The summed E-state index contributed by atoms with van der Waals surface area (Å²) in [6, 6.07) is 14.8. The van der Waals surface area contributed by atoms with Crippen molar-refractivity contribution in [2.24, 2.45) is 0 Å². The summed E-state index contributed by atoms with van der Waals surface area (Å²) < 4.78 is 0. The molecule has 0 bridgehead atoms. The van der Waals surface area contributed by atoms with Crippen LogP contribution in [0.2, 0.25) is 5.02 Å². The molecule has 0 saturated carbocycles. The second-order valence-corrected chi connectivity index (χ2v) is 6.04. The summed E-state index contributed by atoms with van der Waals surface area (Å²) in [5.74, 6) is 0.747. The Morgan fingerprint density at radius 3 is 2.84 bits per heavy atom. The number of aryl methyl sites for hydroxylation is 1. The van der Waals surface area contributed by atoms with Crippen LogP contribution in [-0.4, -0.2) is 26.1 Å². The van der Waals surface area contributed by atoms with Crippen LogP contribution in [0, 0.1) is 6.92 Å². The second-order valence-electron chi connectivity index (χ2n) is 5.66. The highest BCUT2D eigenvalue weighted by atomic mass is 35.5. The Balaban J connectivity index is 1.59. The highest BCUT2D eigenvalue weighted by molar-refractivity contribution is 6.35. The lowest BCUT2D eigenvalue weighted by Gasteiger charge is -2.05. The molecule has 0 aliphatic heterocycles. The number of benzene rings is 2. The molecule has 4 rings (SSSR count). The van der Waals surface area contributed by atoms with Crippen LogP contribution in [0.15, 0.2) is 48.5 Å². The molecule has 124 valence electrons. The molecule has 1 amide bonds. The third-order valence-electron chi connectivity index (χ3n) is 3.90. The van der Waals surface area contributed by atoms with Crippen LogP contribution in [0.5, 0.6) is 0 Å². The van der Waals surface area contributed by atoms with Gasteiger partial charge in [-0.3, -0.25) is 9.89 Å². The number of carbonyl (C=O) groups excluding carboxylic acids is 1. The van der Waals surface area contributed by atoms with E-state index >= 15 is 0 Å². The molecule has 0 atom stereocenters. The van der Waals surface area contributed by atoms with E-state index in [-0.39, 0.29) is 5.91 Å². The molecule has 2 aromatic carbocycles. The lowest BCUT2D eigenvalue weighted by molar-refractivity contribution is 0.102. The fourth-order valence-electron chi connectivity index (χ4n) is 2.59. The number of rotatable bonds is 3. The minimum absolute atomic E-state index is 0.309. The van der Waals surface area contributed by atoms with E-state index in [1.54, 1.807) is 18.2 Å². The summed E-state index contributed by atoms with van der Waals surface area (Å²) >= 11 is 6.20. The van der Waals surface area contributed by atoms with E-state index in [1.807, 2.05) is 37.3 Å². The number of aromatic amines is 2. The molecule has 2 aromatic heterocycles. The molecule has 0 spiro atoms. The first-order chi connectivity index (χ1) is 12.1. The summed E-state index contributed by atoms with van der Waals surface area (Å²) in [4.78, 5) is 20.1. The van der Waals surface area contributed by atoms with Gasteiger partial charge in [0, 0.05) is 6.07 Å². The van der Waals surface area contributed by atoms with E-state index in [0.29, 0.717) is 27.9 Å². The van der Waals surface area contributed by atoms with Crippen LogP contribution < -0.4 is 5.32 Å². The number of carbonyl (C=O) groups is 1. The Kier molecular flexibility index (Phi) is 3.74. The largest absolute Gasteiger partial charge is 0.337 e. The first-order valence-electron chi connectivity index (χ1n) is 7.69. The molecule has 25 heavy (non-hydrogen) atoms. The molecule has 0 saturated heterocycles. The van der Waals surface area contributed by atoms with Gasteiger partial charge in [-0.05, 0) is 30.7 Å². The van der Waals surface area contributed by atoms with Crippen molar-refractivity contribution in [2.75, 3.05) is 5.32 Å². The number of fused-ring (bicyclic) bond motifs is 1. The summed E-state index contributed by atoms with van der Waals surface area (Å²) in [6.07, 6.45) is 0. The third kappa shape index (κ3) is 2.88. The highest BCUT2D eigenvalue weighted by Crippen LogP contribution is 2.23. The van der Waals surface area contributed by atoms with Crippen molar-refractivity contribution in [3.63, 3.8) is 0 Å². The molecule has 3 N–H and O–H groups in total. The normalized spacial score (nSPS) is 11.0. The average Bonchev–Trinajstić information content (AvgIpc) is 3.23. The van der Waals surface area contributed by atoms with Gasteiger partial charge in [-0.2, -0.15) is 5.10 Å². The van der Waals surface area contributed by atoms with E-state index in [0.717, 1.165) is 16.6 Å². The van der Waals surface area contributed by atoms with Gasteiger partial charge in [0.2, 0.25) is 0 Å². The van der Waals surface area contributed by atoms with E-state index in [2.05, 4.69) is 25.5 Å². The van der Waals surface area contributed by atoms with Crippen LogP contribution in [0.25, 0.3) is 22.6 Å². The molecule has 7 heteroatoms. The zero-order valence-electron chi connectivity index (χ0n) is 13.3. The first-order valence-corrected chi connectivity index (χ1v) is 8.06. The summed E-state index contributed by atoms with van der Waals surface area (Å²) in [6.45, 7) is 1.85. The van der Waals surface area contributed by atoms with Crippen molar-refractivity contribution < 1.29 is 4.79 Å². The zero-order chi connectivity index (χ0) is 17.4. The van der Waals surface area contributed by atoms with Gasteiger partial charge in [0.05, 0.1) is 21.6 Å². The lowest BCUT2D eigenvalue weighted by Crippen LogP contribution is -2.13. The van der Waals surface area contributed by atoms with Crippen molar-refractivity contribution in [1.82, 2.24) is 20.2 Å². The maximum absolute atomic E-state index is 12.4. The quantitative estimate of drug-likeness (QED) is 0.517. The molecule has 0 fully saturated rings. The molecule has 0 aliphatic carbocycles. The number of hydrogen-bond acceptors (Lipinski definition) is 3. The molecule has 0 radical (unpaired) electrons. The van der Waals surface area contributed by atoms with Crippen molar-refractivity contribution in [3.8, 4) is 11.5 Å². The maximum atomic E-state index is 12.4. The second kappa shape index (κ2) is 6.07. The van der Waals surface area contributed by atoms with E-state index < -0.39 is 0 Å². The monoisotopic (exact) mass is 351 g/mol. The number of para-hydroxylation sites is 2. The Morgan fingerprint density at radius 1 is 1.16 bits per heavy atom. The summed E-state index contributed by atoms with van der Waals surface area (Å²) in [5, 5.41) is 10.2. The Morgan fingerprint density at radius 2 is 2.00 bits per heavy atom. The number of hydrogen-bond donors (Lipinski definition) is 3. The number of anilines is 1. The number of aromatic nitrogens is 4. The number of nitrogens with zero attached hydrogens (tertiary/aromatic N) is 2. The van der Waals surface area contributed by atoms with Crippen LogP contribution >= 0.6 is 11.6 Å². The average molecular weight is 352 g/mol. The van der Waals surface area contributed by atoms with Gasteiger partial charge in [-0.15, -0.1) is 0 Å². The molecule has 2 heterocycles. The van der Waals surface area contributed by atoms with E-state index in [9.17, 15) is 4.79 Å². The van der Waals surface area contributed by atoms with Crippen molar-refractivity contribution in [1.29, 1.82) is 0 Å². The standard InChI is InChI=1S/C18H14ClN5O/c1-10-5-4-6-11(16(10)19)18(25)22-15-9-14(23-24-15)17-20-12-7-2-3-8-13(12)21-17/h2-9H,1H3,(H,20,21)(H2,22,23,24,25). The third-order valence-corrected chi connectivity index (χ3v) is 4.40. The minimum Gasteiger partial charge on any atom is -0.337 e. The molecule has 6 nitrogen and oxygen atoms in total. The minimum atomic E-state index is -0.309. The van der Waals surface area contributed by atoms with E-state index in [4.69, 9.17) is 11.6 Å². The van der Waals surface area contributed by atoms with Crippen molar-refractivity contribution in [3.05, 3.63) is 64.7 Å². The molecule has 0 aliphatic rings. The van der Waals surface area contributed by atoms with Gasteiger partial charge < -0.3 is 10.3 Å². The molecule has 4 aromatic rings. The predicted molar refractivity (Wildman–Crippen MR) is 97.8 cm³/mol. The highest BCUT2D eigenvalue weighted by Gasteiger charge is 2.14. The SMILES string of the molecule is Cc1cccc(C(=O)Nc2cc(-c3nc4ccccc4[nH]3)[nH]n2)c1Cl. The number of halogens is 1. The van der Waals surface area contributed by atoms with Gasteiger partial charge in [0.15, 0.2) is 11.6 Å². The summed E-state index contributed by atoms with van der Waals surface area (Å²) in [7, 11) is 0. The fourth-order valence-corrected chi connectivity index (χ4v) is 2.81. The summed E-state index contributed by atoms with van der Waals surface area (Å²) in [5.41, 5.74) is 3.74. The Bertz CT molecular complexity index is 1050. The fraction of sp³-hybridized carbons (Fsp3) is 0.0556. The zero-order valence-corrected chi connectivity index (χ0v) is 14.1. The number of nitrogens with one attached hydrogen (secondary N) is 3. The smallest absolute Gasteiger partial charge is 0.258 e. The Labute approximate surface area is 148 Å². The molecule has 0 unspecified atom stereocenters. The van der Waals surface area contributed by atoms with Crippen molar-refractivity contribution in [2.45, 2.75) is 6.92 Å². The lowest BCUT2D eigenvalue weighted by atomic mass is 10.1. The van der Waals surface area contributed by atoms with Gasteiger partial charge in [-0.25, -0.2) is 4.98 Å². The molecular weight excluding hydrogens is 338 g/mol. The first kappa shape index (κ1) is 15.4. The number of amides is 1. The van der Waals surface area contributed by atoms with Crippen molar-refractivity contribution >= 4 is 34.4 Å². The number of H-pyrrole nitrogens is 2. The predicted octanol–water partition coefficient (Wildman–Crippen LogP) is 4.17. The van der Waals surface area contributed by atoms with Gasteiger partial charge in [0.1, 0.15) is 5.69 Å². The maximum Gasteiger partial charge on any atom is 0.258 e. The van der Waals surface area contributed by atoms with Gasteiger partial charge in [0.25, 0.3) is 5.91 Å². The van der Waals surface area contributed by atoms with Gasteiger partial charge >= 0.3 is 0 Å². The number of imidazole rings is 1.